The number of anilines is 2. The zero-order chi connectivity index (χ0) is 16.8. The Bertz CT molecular complexity index is 999. The summed E-state index contributed by atoms with van der Waals surface area (Å²) >= 11 is 0. The summed E-state index contributed by atoms with van der Waals surface area (Å²) < 4.78 is 0. The van der Waals surface area contributed by atoms with Gasteiger partial charge in [-0.3, -0.25) is 0 Å². The lowest BCUT2D eigenvalue weighted by Crippen LogP contribution is -2.37. The molecule has 2 aromatic rings. The minimum Gasteiger partial charge on any atom is -0.398 e. The van der Waals surface area contributed by atoms with Crippen LogP contribution in [0.15, 0.2) is 12.1 Å². The minimum absolute atomic E-state index is 0.918. The Kier molecular flexibility index (Phi) is 3.49. The molecule has 2 aliphatic carbocycles. The summed E-state index contributed by atoms with van der Waals surface area (Å²) in [5.74, 6) is 0. The first kappa shape index (κ1) is 15.1. The van der Waals surface area contributed by atoms with E-state index in [2.05, 4.69) is 50.3 Å². The van der Waals surface area contributed by atoms with E-state index >= 15 is 0 Å². The molecule has 0 aliphatic heterocycles. The second-order valence-electron chi connectivity index (χ2n) is 6.94. The third kappa shape index (κ3) is 2.17. The topological polar surface area (TPSA) is 52.0 Å². The highest BCUT2D eigenvalue weighted by molar-refractivity contribution is 5.76. The molecule has 122 valence electrons. The summed E-state index contributed by atoms with van der Waals surface area (Å²) in [6.45, 7) is 4.21. The zero-order valence-electron chi connectivity index (χ0n) is 14.4. The lowest BCUT2D eigenvalue weighted by Gasteiger charge is -2.16. The largest absolute Gasteiger partial charge is 0.398 e. The minimum atomic E-state index is 0.918. The molecule has 0 spiro atoms. The van der Waals surface area contributed by atoms with E-state index in [1.165, 1.54) is 32.0 Å². The first-order valence-corrected chi connectivity index (χ1v) is 8.77. The number of benzene rings is 2. The van der Waals surface area contributed by atoms with Crippen molar-refractivity contribution in [2.45, 2.75) is 39.5 Å². The van der Waals surface area contributed by atoms with Gasteiger partial charge in [-0.25, -0.2) is 0 Å². The van der Waals surface area contributed by atoms with Crippen molar-refractivity contribution in [1.82, 2.24) is 0 Å². The molecule has 0 amide bonds. The van der Waals surface area contributed by atoms with Gasteiger partial charge in [0.25, 0.3) is 0 Å². The average molecular weight is 316 g/mol. The van der Waals surface area contributed by atoms with Crippen LogP contribution < -0.4 is 32.3 Å². The first-order valence-electron chi connectivity index (χ1n) is 8.77. The van der Waals surface area contributed by atoms with Crippen LogP contribution in [0.25, 0.3) is 35.4 Å². The predicted octanol–water partition coefficient (Wildman–Crippen LogP) is 1.84. The Morgan fingerprint density at radius 1 is 0.583 bits per heavy atom. The van der Waals surface area contributed by atoms with E-state index in [0.717, 1.165) is 48.2 Å². The van der Waals surface area contributed by atoms with E-state index < -0.39 is 0 Å². The van der Waals surface area contributed by atoms with Crippen LogP contribution in [0, 0.1) is 13.8 Å². The third-order valence-corrected chi connectivity index (χ3v) is 5.33. The summed E-state index contributed by atoms with van der Waals surface area (Å²) in [4.78, 5) is 0. The van der Waals surface area contributed by atoms with E-state index in [1.54, 1.807) is 0 Å². The predicted molar refractivity (Wildman–Crippen MR) is 105 cm³/mol. The van der Waals surface area contributed by atoms with E-state index in [4.69, 9.17) is 11.5 Å². The summed E-state index contributed by atoms with van der Waals surface area (Å²) in [5.41, 5.74) is 19.4. The van der Waals surface area contributed by atoms with Crippen molar-refractivity contribution >= 4 is 35.7 Å². The smallest absolute Gasteiger partial charge is 0.0420 e. The van der Waals surface area contributed by atoms with Crippen LogP contribution in [0.3, 0.4) is 0 Å². The summed E-state index contributed by atoms with van der Waals surface area (Å²) in [6, 6.07) is 4.50. The molecule has 0 saturated heterocycles. The van der Waals surface area contributed by atoms with E-state index in [-0.39, 0.29) is 0 Å². The Morgan fingerprint density at radius 3 is 1.29 bits per heavy atom. The number of rotatable bonds is 1. The normalized spacial score (nSPS) is 15.2. The molecule has 24 heavy (non-hydrogen) atoms. The Labute approximate surface area is 142 Å². The van der Waals surface area contributed by atoms with Gasteiger partial charge in [-0.2, -0.15) is 0 Å². The monoisotopic (exact) mass is 316 g/mol. The molecule has 0 unspecified atom stereocenters. The molecule has 2 aliphatic rings. The number of nitrogens with two attached hydrogens (primary N) is 2. The van der Waals surface area contributed by atoms with Gasteiger partial charge in [-0.15, -0.1) is 0 Å². The SMILES string of the molecule is Cc1cc(-c2cc(C)c(N)c3c2=CCCC=3)c2c(c1N)=CCCC=2. The van der Waals surface area contributed by atoms with Gasteiger partial charge in [-0.05, 0) is 84.4 Å². The Hall–Kier alpha value is -2.48. The molecule has 0 bridgehead atoms. The van der Waals surface area contributed by atoms with Crippen molar-refractivity contribution in [3.63, 3.8) is 0 Å². The Balaban J connectivity index is 2.19. The second-order valence-corrected chi connectivity index (χ2v) is 6.94. The van der Waals surface area contributed by atoms with Gasteiger partial charge in [0.05, 0.1) is 0 Å². The van der Waals surface area contributed by atoms with Crippen molar-refractivity contribution in [3.05, 3.63) is 44.1 Å². The molecule has 4 rings (SSSR count). The van der Waals surface area contributed by atoms with Crippen LogP contribution in [0.4, 0.5) is 11.4 Å². The van der Waals surface area contributed by atoms with Crippen molar-refractivity contribution < 1.29 is 0 Å². The number of nitrogen functional groups attached to an aromatic ring is 2. The van der Waals surface area contributed by atoms with E-state index in [0.29, 0.717) is 0 Å². The lowest BCUT2D eigenvalue weighted by molar-refractivity contribution is 1.11. The fraction of sp³-hybridized carbons (Fsp3) is 0.273. The molecular weight excluding hydrogens is 292 g/mol. The van der Waals surface area contributed by atoms with Gasteiger partial charge in [0.2, 0.25) is 0 Å². The third-order valence-electron chi connectivity index (χ3n) is 5.33. The summed E-state index contributed by atoms with van der Waals surface area (Å²) in [6.07, 6.45) is 13.5. The van der Waals surface area contributed by atoms with Gasteiger partial charge in [-0.1, -0.05) is 24.3 Å². The summed E-state index contributed by atoms with van der Waals surface area (Å²) in [5, 5.41) is 4.99. The van der Waals surface area contributed by atoms with Gasteiger partial charge < -0.3 is 11.5 Å². The van der Waals surface area contributed by atoms with Crippen molar-refractivity contribution in [2.75, 3.05) is 11.5 Å². The molecule has 2 nitrogen and oxygen atoms in total. The second kappa shape index (κ2) is 5.55. The number of hydrogen-bond acceptors (Lipinski definition) is 2. The lowest BCUT2D eigenvalue weighted by atomic mass is 9.90. The molecule has 0 atom stereocenters. The maximum absolute atomic E-state index is 6.36. The Morgan fingerprint density at radius 2 is 0.917 bits per heavy atom. The maximum atomic E-state index is 6.36. The van der Waals surface area contributed by atoms with Crippen molar-refractivity contribution in [3.8, 4) is 11.1 Å². The van der Waals surface area contributed by atoms with Crippen LogP contribution in [-0.4, -0.2) is 0 Å². The highest BCUT2D eigenvalue weighted by Gasteiger charge is 2.13. The molecule has 0 radical (unpaired) electrons. The van der Waals surface area contributed by atoms with Gasteiger partial charge >= 0.3 is 0 Å². The quantitative estimate of drug-likeness (QED) is 0.789. The van der Waals surface area contributed by atoms with Gasteiger partial charge in [0.1, 0.15) is 0 Å². The fourth-order valence-electron chi connectivity index (χ4n) is 3.99. The standard InChI is InChI=1S/C22H24N2/c1-13-11-19(15-7-3-5-9-17(15)21(13)23)20-12-14(2)22(24)18-10-6-4-8-16(18)20/h7-12H,3-6,23-24H2,1-2H3. The molecule has 0 heterocycles. The van der Waals surface area contributed by atoms with Crippen LogP contribution >= 0.6 is 0 Å². The van der Waals surface area contributed by atoms with Crippen LogP contribution in [0.2, 0.25) is 0 Å². The molecule has 2 aromatic carbocycles. The van der Waals surface area contributed by atoms with E-state index in [9.17, 15) is 0 Å². The average Bonchev–Trinajstić information content (AvgIpc) is 2.61. The fourth-order valence-corrected chi connectivity index (χ4v) is 3.99. The van der Waals surface area contributed by atoms with Crippen LogP contribution in [0.5, 0.6) is 0 Å². The zero-order valence-corrected chi connectivity index (χ0v) is 14.4. The van der Waals surface area contributed by atoms with E-state index in [1.807, 2.05) is 0 Å². The molecule has 4 N–H and O–H groups in total. The summed E-state index contributed by atoms with van der Waals surface area (Å²) in [7, 11) is 0. The maximum Gasteiger partial charge on any atom is 0.0420 e. The molecule has 0 fully saturated rings. The first-order chi connectivity index (χ1) is 11.6. The van der Waals surface area contributed by atoms with Crippen LogP contribution in [0.1, 0.15) is 36.8 Å². The molecule has 2 heteroatoms. The number of fused-ring (bicyclic) bond motifs is 2. The van der Waals surface area contributed by atoms with Crippen LogP contribution in [-0.2, 0) is 0 Å². The molecule has 0 aromatic heterocycles. The van der Waals surface area contributed by atoms with Crippen molar-refractivity contribution in [2.24, 2.45) is 0 Å². The highest BCUT2D eigenvalue weighted by Crippen LogP contribution is 2.19. The van der Waals surface area contributed by atoms with Crippen molar-refractivity contribution in [1.29, 1.82) is 0 Å². The number of hydrogen-bond donors (Lipinski definition) is 2. The molecular formula is C22H24N2. The van der Waals surface area contributed by atoms with Gasteiger partial charge in [0.15, 0.2) is 0 Å². The molecule has 0 saturated carbocycles. The van der Waals surface area contributed by atoms with Gasteiger partial charge in [0, 0.05) is 21.8 Å². The highest BCUT2D eigenvalue weighted by atomic mass is 14.6. The number of aryl methyl sites for hydroxylation is 2.